The van der Waals surface area contributed by atoms with Crippen LogP contribution in [0.5, 0.6) is 11.5 Å². The van der Waals surface area contributed by atoms with E-state index in [2.05, 4.69) is 103 Å². The molecule has 0 atom stereocenters. The molecular formula is C44H54O2SiZr-2. The van der Waals surface area contributed by atoms with E-state index in [-0.39, 0.29) is 16.9 Å². The molecule has 0 aliphatic rings. The maximum atomic E-state index is 11.1. The van der Waals surface area contributed by atoms with Crippen LogP contribution in [0.15, 0.2) is 72.8 Å². The van der Waals surface area contributed by atoms with E-state index in [1.807, 2.05) is 65.8 Å². The van der Waals surface area contributed by atoms with Crippen molar-refractivity contribution in [3.05, 3.63) is 140 Å². The van der Waals surface area contributed by atoms with Crippen molar-refractivity contribution in [2.24, 2.45) is 0 Å². The second-order valence-electron chi connectivity index (χ2n) is 13.6. The zero-order valence-corrected chi connectivity index (χ0v) is 35.2. The Hall–Kier alpha value is -3.20. The largest absolute Gasteiger partial charge is 0.872 e. The molecule has 2 nitrogen and oxygen atoms in total. The van der Waals surface area contributed by atoms with Crippen LogP contribution in [-0.2, 0) is 23.3 Å². The van der Waals surface area contributed by atoms with Gasteiger partial charge in [-0.05, 0) is 55.4 Å². The third-order valence-corrected chi connectivity index (χ3v) is 8.14. The van der Waals surface area contributed by atoms with Gasteiger partial charge in [0.05, 0.1) is 0 Å². The van der Waals surface area contributed by atoms with Gasteiger partial charge < -0.3 is 10.2 Å². The first kappa shape index (κ1) is 41.0. The molecule has 0 amide bonds. The molecule has 6 rings (SSSR count). The Labute approximate surface area is 306 Å². The van der Waals surface area contributed by atoms with Crippen molar-refractivity contribution >= 4 is 27.0 Å². The van der Waals surface area contributed by atoms with Crippen molar-refractivity contribution in [2.75, 3.05) is 0 Å². The van der Waals surface area contributed by atoms with Gasteiger partial charge in [-0.2, -0.15) is 12.1 Å². The van der Waals surface area contributed by atoms with Gasteiger partial charge in [0.15, 0.2) is 0 Å². The molecule has 252 valence electrons. The van der Waals surface area contributed by atoms with Crippen molar-refractivity contribution < 1.29 is 33.5 Å². The summed E-state index contributed by atoms with van der Waals surface area (Å²) in [6.07, 6.45) is 0. The van der Waals surface area contributed by atoms with Gasteiger partial charge >= 0.3 is 41.9 Å². The Morgan fingerprint density at radius 1 is 0.438 bits per heavy atom. The maximum Gasteiger partial charge on any atom is -0.0398 e. The molecule has 0 saturated carbocycles. The van der Waals surface area contributed by atoms with Crippen LogP contribution in [0.25, 0.3) is 21.5 Å². The van der Waals surface area contributed by atoms with Gasteiger partial charge in [0, 0.05) is 0 Å². The average Bonchev–Trinajstić information content (AvgIpc) is 3.59. The van der Waals surface area contributed by atoms with Gasteiger partial charge in [-0.15, -0.1) is 79.6 Å². The van der Waals surface area contributed by atoms with Crippen molar-refractivity contribution in [1.29, 1.82) is 0 Å². The number of rotatable bonds is 0. The smallest absolute Gasteiger partial charge is 0.0398 e. The molecule has 0 bridgehead atoms. The molecule has 0 heterocycles. The molecule has 6 aromatic carbocycles. The van der Waals surface area contributed by atoms with E-state index in [9.17, 15) is 10.2 Å². The molecular weight excluding hydrogens is 680 g/mol. The van der Waals surface area contributed by atoms with Crippen LogP contribution >= 0.6 is 0 Å². The molecule has 0 spiro atoms. The summed E-state index contributed by atoms with van der Waals surface area (Å²) >= 11 is 1.74. The van der Waals surface area contributed by atoms with E-state index in [4.69, 9.17) is 0 Å². The van der Waals surface area contributed by atoms with E-state index >= 15 is 0 Å². The Bertz CT molecular complexity index is 1740. The number of hydrogen-bond donors (Lipinski definition) is 0. The summed E-state index contributed by atoms with van der Waals surface area (Å²) in [5.74, 6) is 0.344. The number of aryl methyl sites for hydroxylation is 12. The minimum absolute atomic E-state index is 0.172. The summed E-state index contributed by atoms with van der Waals surface area (Å²) in [6, 6.07) is 25.5. The zero-order valence-electron chi connectivity index (χ0n) is 31.7. The number of benzene rings is 4. The maximum absolute atomic E-state index is 11.1. The summed E-state index contributed by atoms with van der Waals surface area (Å²) in [6.45, 7) is 29.0. The van der Waals surface area contributed by atoms with Crippen LogP contribution < -0.4 is 10.2 Å². The fourth-order valence-electron chi connectivity index (χ4n) is 5.80. The standard InChI is InChI=1S/2C12H13.2C9H12O.C2H6Si.Zr/c2*1-8-6-11-9(2)4-5-10(3)12(11)7-8;2*1-6-4-7(2)9(10)8(3)5-6;1-3-2;/h2*4-7H,1-3H3;2*4-5,10H,1-3H3;1-2H3;/q2*-1;;;;+2/p-2. The molecule has 0 saturated heterocycles. The summed E-state index contributed by atoms with van der Waals surface area (Å²) in [7, 11) is 0. The molecule has 0 aromatic heterocycles. The number of hydrogen-bond acceptors (Lipinski definition) is 2. The Morgan fingerprint density at radius 2 is 0.688 bits per heavy atom. The third-order valence-electron chi connectivity index (χ3n) is 8.14. The molecule has 0 aliphatic heterocycles. The SMILES string of the molecule is C[Si](C)=[Zr+2].Cc1cc(C)c([O-])c(C)c1.Cc1cc(C)c([O-])c(C)c1.Cc1cc2c(C)ccc(C)c2[cH-]1.Cc1cc2c(C)ccc(C)c2[cH-]1. The minimum atomic E-state index is 0.172. The monoisotopic (exact) mass is 732 g/mol. The van der Waals surface area contributed by atoms with Crippen molar-refractivity contribution in [2.45, 2.75) is 96.2 Å². The van der Waals surface area contributed by atoms with Crippen LogP contribution in [0.4, 0.5) is 0 Å². The summed E-state index contributed by atoms with van der Waals surface area (Å²) < 4.78 is 0. The van der Waals surface area contributed by atoms with Gasteiger partial charge in [0.25, 0.3) is 0 Å². The Kier molecular flexibility index (Phi) is 15.8. The minimum Gasteiger partial charge on any atom is -0.872 e. The van der Waals surface area contributed by atoms with E-state index in [1.54, 1.807) is 23.3 Å². The summed E-state index contributed by atoms with van der Waals surface area (Å²) in [5, 5.41) is 27.9. The van der Waals surface area contributed by atoms with E-state index in [0.717, 1.165) is 33.4 Å². The molecule has 0 N–H and O–H groups in total. The first-order valence-corrected chi connectivity index (χ1v) is 22.8. The number of fused-ring (bicyclic) bond motifs is 2. The topological polar surface area (TPSA) is 46.1 Å². The molecule has 4 heteroatoms. The first-order valence-electron chi connectivity index (χ1n) is 16.6. The molecule has 48 heavy (non-hydrogen) atoms. The predicted octanol–water partition coefficient (Wildman–Crippen LogP) is 11.1. The third kappa shape index (κ3) is 12.0. The van der Waals surface area contributed by atoms with Gasteiger partial charge in [0.1, 0.15) is 0 Å². The van der Waals surface area contributed by atoms with Gasteiger partial charge in [-0.25, -0.2) is 0 Å². The van der Waals surface area contributed by atoms with E-state index < -0.39 is 0 Å². The fraction of sp³-hybridized carbons (Fsp3) is 0.318. The van der Waals surface area contributed by atoms with Crippen molar-refractivity contribution in [3.8, 4) is 11.5 Å². The predicted molar refractivity (Wildman–Crippen MR) is 205 cm³/mol. The Morgan fingerprint density at radius 3 is 0.938 bits per heavy atom. The van der Waals surface area contributed by atoms with Crippen LogP contribution in [0.2, 0.25) is 13.1 Å². The van der Waals surface area contributed by atoms with Crippen LogP contribution in [-0.4, -0.2) is 5.43 Å². The van der Waals surface area contributed by atoms with Crippen LogP contribution in [0.1, 0.15) is 66.8 Å². The molecule has 0 unspecified atom stereocenters. The molecule has 0 radical (unpaired) electrons. The molecule has 6 aromatic rings. The molecule has 0 fully saturated rings. The fourth-order valence-corrected chi connectivity index (χ4v) is 5.80. The van der Waals surface area contributed by atoms with Gasteiger partial charge in [-0.1, -0.05) is 109 Å². The summed E-state index contributed by atoms with van der Waals surface area (Å²) in [5.41, 5.74) is 14.2. The van der Waals surface area contributed by atoms with Crippen LogP contribution in [0.3, 0.4) is 0 Å². The second kappa shape index (κ2) is 18.5. The van der Waals surface area contributed by atoms with E-state index in [0.29, 0.717) is 0 Å². The summed E-state index contributed by atoms with van der Waals surface area (Å²) in [4.78, 5) is 0. The molecule has 0 aliphatic carbocycles. The Balaban J connectivity index is 0.000000215. The normalized spacial score (nSPS) is 10.2. The van der Waals surface area contributed by atoms with Gasteiger partial charge in [0.2, 0.25) is 0 Å². The van der Waals surface area contributed by atoms with E-state index in [1.165, 1.54) is 54.9 Å². The van der Waals surface area contributed by atoms with Crippen molar-refractivity contribution in [3.63, 3.8) is 0 Å². The second-order valence-corrected chi connectivity index (χ2v) is 22.9. The average molecular weight is 734 g/mol. The van der Waals surface area contributed by atoms with Gasteiger partial charge in [-0.3, -0.25) is 0 Å². The first-order chi connectivity index (χ1) is 22.3. The van der Waals surface area contributed by atoms with Crippen LogP contribution in [0, 0.1) is 83.1 Å². The van der Waals surface area contributed by atoms with Crippen molar-refractivity contribution in [1.82, 2.24) is 0 Å². The quantitative estimate of drug-likeness (QED) is 0.115. The zero-order chi connectivity index (χ0) is 36.5.